The molecule has 0 spiro atoms. The summed E-state index contributed by atoms with van der Waals surface area (Å²) in [6.45, 7) is -0.315. The first-order valence-electron chi connectivity index (χ1n) is 5.16. The lowest BCUT2D eigenvalue weighted by molar-refractivity contribution is -0.00808. The lowest BCUT2D eigenvalue weighted by Gasteiger charge is -2.13. The van der Waals surface area contributed by atoms with Gasteiger partial charge < -0.3 is 20.1 Å². The first-order chi connectivity index (χ1) is 8.11. The van der Waals surface area contributed by atoms with Crippen molar-refractivity contribution in [2.24, 2.45) is 0 Å². The number of benzene rings is 1. The van der Waals surface area contributed by atoms with Crippen LogP contribution in [0.2, 0.25) is 5.02 Å². The summed E-state index contributed by atoms with van der Waals surface area (Å²) in [5.41, 5.74) is -0.597. The Kier molecular flexibility index (Phi) is 4.30. The molecule has 1 saturated heterocycles. The van der Waals surface area contributed by atoms with Crippen molar-refractivity contribution in [3.8, 4) is 0 Å². The predicted molar refractivity (Wildman–Crippen MR) is 65.1 cm³/mol. The van der Waals surface area contributed by atoms with Crippen LogP contribution in [0.5, 0.6) is 0 Å². The number of rotatable bonds is 3. The zero-order chi connectivity index (χ0) is 12.4. The minimum atomic E-state index is -1.06. The molecule has 6 heteroatoms. The Morgan fingerprint density at radius 1 is 1.29 bits per heavy atom. The molecule has 1 aliphatic heterocycles. The highest BCUT2D eigenvalue weighted by molar-refractivity contribution is 7.99. The molecular weight excluding hydrogens is 264 g/mol. The van der Waals surface area contributed by atoms with Crippen molar-refractivity contribution in [3.05, 3.63) is 29.3 Å². The fraction of sp³-hybridized carbons (Fsp3) is 0.455. The summed E-state index contributed by atoms with van der Waals surface area (Å²) in [5.74, 6) is 0. The largest absolute Gasteiger partial charge is 0.394 e. The molecule has 1 fully saturated rings. The van der Waals surface area contributed by atoms with Crippen LogP contribution >= 0.6 is 23.4 Å². The second-order valence-electron chi connectivity index (χ2n) is 3.78. The number of halogens is 1. The average molecular weight is 277 g/mol. The highest BCUT2D eigenvalue weighted by Crippen LogP contribution is 2.34. The summed E-state index contributed by atoms with van der Waals surface area (Å²) in [6, 6.07) is 7.14. The molecular formula is C11H13ClO4S. The Labute approximate surface area is 108 Å². The summed E-state index contributed by atoms with van der Waals surface area (Å²) < 4.78 is 5.35. The van der Waals surface area contributed by atoms with Gasteiger partial charge in [-0.2, -0.15) is 0 Å². The Morgan fingerprint density at radius 2 is 2.06 bits per heavy atom. The van der Waals surface area contributed by atoms with E-state index in [2.05, 4.69) is 0 Å². The summed E-state index contributed by atoms with van der Waals surface area (Å²) >= 11 is 7.11. The third kappa shape index (κ3) is 2.93. The zero-order valence-corrected chi connectivity index (χ0v) is 10.4. The van der Waals surface area contributed by atoms with Crippen molar-refractivity contribution in [3.63, 3.8) is 0 Å². The Bertz CT molecular complexity index is 389. The van der Waals surface area contributed by atoms with Gasteiger partial charge in [0.25, 0.3) is 0 Å². The third-order valence-corrected chi connectivity index (χ3v) is 3.93. The highest BCUT2D eigenvalue weighted by Gasteiger charge is 2.42. The molecule has 4 nitrogen and oxygen atoms in total. The zero-order valence-electron chi connectivity index (χ0n) is 8.86. The van der Waals surface area contributed by atoms with Gasteiger partial charge >= 0.3 is 0 Å². The highest BCUT2D eigenvalue weighted by atomic mass is 35.5. The fourth-order valence-electron chi connectivity index (χ4n) is 1.64. The number of ether oxygens (including phenoxy) is 1. The van der Waals surface area contributed by atoms with Crippen LogP contribution < -0.4 is 0 Å². The van der Waals surface area contributed by atoms with Crippen molar-refractivity contribution in [1.29, 1.82) is 0 Å². The Morgan fingerprint density at radius 3 is 2.65 bits per heavy atom. The smallest absolute Gasteiger partial charge is 0.136 e. The fourth-order valence-corrected chi connectivity index (χ4v) is 3.01. The lowest BCUT2D eigenvalue weighted by Crippen LogP contribution is -2.33. The van der Waals surface area contributed by atoms with Crippen LogP contribution in [-0.4, -0.2) is 45.7 Å². The summed E-state index contributed by atoms with van der Waals surface area (Å²) in [7, 11) is 0. The molecule has 1 aromatic carbocycles. The molecule has 3 N–H and O–H groups in total. The van der Waals surface area contributed by atoms with Crippen molar-refractivity contribution in [2.45, 2.75) is 28.6 Å². The van der Waals surface area contributed by atoms with E-state index < -0.39 is 23.7 Å². The quantitative estimate of drug-likeness (QED) is 0.764. The standard InChI is InChI=1S/C11H13ClO4S/c12-6-2-1-3-7(4-6)17-11-10(15)9(14)8(5-13)16-11/h1-4,8-11,13-15H,5H2/t8-,9-,10+,11-/m0/s1. The maximum Gasteiger partial charge on any atom is 0.136 e. The van der Waals surface area contributed by atoms with Crippen LogP contribution in [0.4, 0.5) is 0 Å². The average Bonchev–Trinajstić information content (AvgIpc) is 2.57. The molecule has 1 heterocycles. The van der Waals surface area contributed by atoms with Crippen LogP contribution in [0.1, 0.15) is 0 Å². The van der Waals surface area contributed by atoms with Gasteiger partial charge in [-0.1, -0.05) is 29.4 Å². The molecule has 0 saturated carbocycles. The van der Waals surface area contributed by atoms with E-state index in [1.165, 1.54) is 11.8 Å². The van der Waals surface area contributed by atoms with E-state index in [1.807, 2.05) is 6.07 Å². The van der Waals surface area contributed by atoms with Crippen molar-refractivity contribution < 1.29 is 20.1 Å². The van der Waals surface area contributed by atoms with Crippen molar-refractivity contribution in [2.75, 3.05) is 6.61 Å². The molecule has 1 aromatic rings. The molecule has 0 aromatic heterocycles. The Balaban J connectivity index is 2.05. The first kappa shape index (κ1) is 13.1. The molecule has 0 amide bonds. The van der Waals surface area contributed by atoms with E-state index in [9.17, 15) is 10.2 Å². The number of hydrogen-bond acceptors (Lipinski definition) is 5. The molecule has 0 bridgehead atoms. The first-order valence-corrected chi connectivity index (χ1v) is 6.42. The van der Waals surface area contributed by atoms with Gasteiger partial charge in [0, 0.05) is 9.92 Å². The third-order valence-electron chi connectivity index (χ3n) is 2.55. The lowest BCUT2D eigenvalue weighted by atomic mass is 10.2. The van der Waals surface area contributed by atoms with Gasteiger partial charge in [0.15, 0.2) is 0 Å². The van der Waals surface area contributed by atoms with Gasteiger partial charge in [0.2, 0.25) is 0 Å². The van der Waals surface area contributed by atoms with E-state index in [0.29, 0.717) is 5.02 Å². The number of hydrogen-bond donors (Lipinski definition) is 3. The maximum absolute atomic E-state index is 9.75. The van der Waals surface area contributed by atoms with E-state index in [-0.39, 0.29) is 6.61 Å². The number of aliphatic hydroxyl groups excluding tert-OH is 3. The molecule has 1 aliphatic rings. The van der Waals surface area contributed by atoms with E-state index in [0.717, 1.165) is 4.90 Å². The van der Waals surface area contributed by atoms with Crippen molar-refractivity contribution >= 4 is 23.4 Å². The minimum absolute atomic E-state index is 0.315. The summed E-state index contributed by atoms with van der Waals surface area (Å²) in [5, 5.41) is 28.9. The van der Waals surface area contributed by atoms with Crippen LogP contribution in [0, 0.1) is 0 Å². The Hall–Kier alpha value is -0.300. The molecule has 4 atom stereocenters. The molecule has 17 heavy (non-hydrogen) atoms. The minimum Gasteiger partial charge on any atom is -0.394 e. The normalized spacial score (nSPS) is 32.9. The SMILES string of the molecule is OC[C@@H]1O[C@@H](Sc2cccc(Cl)c2)[C@H](O)[C@H]1O. The molecule has 2 rings (SSSR count). The number of thioether (sulfide) groups is 1. The second kappa shape index (κ2) is 5.56. The maximum atomic E-state index is 9.75. The van der Waals surface area contributed by atoms with Gasteiger partial charge in [-0.25, -0.2) is 0 Å². The van der Waals surface area contributed by atoms with Gasteiger partial charge in [-0.05, 0) is 18.2 Å². The van der Waals surface area contributed by atoms with Crippen LogP contribution in [-0.2, 0) is 4.74 Å². The second-order valence-corrected chi connectivity index (χ2v) is 5.39. The molecule has 0 radical (unpaired) electrons. The van der Waals surface area contributed by atoms with E-state index >= 15 is 0 Å². The van der Waals surface area contributed by atoms with E-state index in [4.69, 9.17) is 21.4 Å². The van der Waals surface area contributed by atoms with Crippen molar-refractivity contribution in [1.82, 2.24) is 0 Å². The van der Waals surface area contributed by atoms with Crippen LogP contribution in [0.3, 0.4) is 0 Å². The van der Waals surface area contributed by atoms with Gasteiger partial charge in [-0.15, -0.1) is 0 Å². The monoisotopic (exact) mass is 276 g/mol. The summed E-state index contributed by atoms with van der Waals surface area (Å²) in [6.07, 6.45) is -2.81. The topological polar surface area (TPSA) is 69.9 Å². The number of aliphatic hydroxyl groups is 3. The van der Waals surface area contributed by atoms with Gasteiger partial charge in [0.1, 0.15) is 23.7 Å². The van der Waals surface area contributed by atoms with Crippen LogP contribution in [0.25, 0.3) is 0 Å². The predicted octanol–water partition coefficient (Wildman–Crippen LogP) is 0.871. The van der Waals surface area contributed by atoms with Crippen LogP contribution in [0.15, 0.2) is 29.2 Å². The van der Waals surface area contributed by atoms with E-state index in [1.54, 1.807) is 18.2 Å². The molecule has 0 unspecified atom stereocenters. The summed E-state index contributed by atoms with van der Waals surface area (Å²) in [4.78, 5) is 0.840. The molecule has 0 aliphatic carbocycles. The molecule has 94 valence electrons. The van der Waals surface area contributed by atoms with Gasteiger partial charge in [0.05, 0.1) is 6.61 Å². The van der Waals surface area contributed by atoms with Gasteiger partial charge in [-0.3, -0.25) is 0 Å².